The molecule has 2 N–H and O–H groups in total. The van der Waals surface area contributed by atoms with E-state index in [1.54, 1.807) is 25.4 Å². The van der Waals surface area contributed by atoms with Gasteiger partial charge in [0.1, 0.15) is 0 Å². The highest BCUT2D eigenvalue weighted by Crippen LogP contribution is 2.11. The van der Waals surface area contributed by atoms with Crippen molar-refractivity contribution in [1.29, 1.82) is 0 Å². The number of rotatable bonds is 5. The zero-order chi connectivity index (χ0) is 12.0. The zero-order valence-electron chi connectivity index (χ0n) is 9.78. The number of ether oxygens (including phenoxy) is 1. The fourth-order valence-corrected chi connectivity index (χ4v) is 1.24. The largest absolute Gasteiger partial charge is 0.481 e. The second-order valence-corrected chi connectivity index (χ2v) is 3.54. The predicted octanol–water partition coefficient (Wildman–Crippen LogP) is 0.884. The Morgan fingerprint density at radius 3 is 2.81 bits per heavy atom. The Hall–Kier alpha value is -1.62. The summed E-state index contributed by atoms with van der Waals surface area (Å²) in [6.45, 7) is 2.51. The smallest absolute Gasteiger partial charge is 0.228 e. The molecule has 0 spiro atoms. The normalized spacial score (nSPS) is 11.9. The quantitative estimate of drug-likeness (QED) is 0.778. The minimum absolute atomic E-state index is 0.0266. The number of hydrogen-bond donors (Lipinski definition) is 2. The molecule has 88 valence electrons. The van der Waals surface area contributed by atoms with E-state index >= 15 is 0 Å². The number of amides is 1. The van der Waals surface area contributed by atoms with Crippen LogP contribution in [0.3, 0.4) is 0 Å². The van der Waals surface area contributed by atoms with Gasteiger partial charge in [0.2, 0.25) is 11.8 Å². The second-order valence-electron chi connectivity index (χ2n) is 3.54. The van der Waals surface area contributed by atoms with Crippen LogP contribution in [0.4, 0.5) is 5.69 Å². The monoisotopic (exact) mass is 223 g/mol. The van der Waals surface area contributed by atoms with Gasteiger partial charge in [-0.1, -0.05) is 6.92 Å². The lowest BCUT2D eigenvalue weighted by atomic mass is 10.1. The first-order chi connectivity index (χ1) is 7.67. The lowest BCUT2D eigenvalue weighted by molar-refractivity contribution is -0.119. The molecule has 0 fully saturated rings. The zero-order valence-corrected chi connectivity index (χ0v) is 9.78. The van der Waals surface area contributed by atoms with E-state index in [1.165, 1.54) is 0 Å². The van der Waals surface area contributed by atoms with Gasteiger partial charge in [-0.25, -0.2) is 4.98 Å². The van der Waals surface area contributed by atoms with Crippen LogP contribution in [0.1, 0.15) is 6.92 Å². The fourth-order valence-electron chi connectivity index (χ4n) is 1.24. The Labute approximate surface area is 95.2 Å². The van der Waals surface area contributed by atoms with Crippen molar-refractivity contribution < 1.29 is 9.53 Å². The molecule has 0 aromatic carbocycles. The summed E-state index contributed by atoms with van der Waals surface area (Å²) in [4.78, 5) is 15.6. The standard InChI is InChI=1S/C11H17N3O2/c1-8(6-12-2)11(15)14-9-4-5-10(16-3)13-7-9/h4-5,7-8,12H,6H2,1-3H3,(H,14,15). The topological polar surface area (TPSA) is 63.2 Å². The van der Waals surface area contributed by atoms with E-state index in [0.29, 0.717) is 18.1 Å². The number of methoxy groups -OCH3 is 1. The van der Waals surface area contributed by atoms with Gasteiger partial charge in [-0.15, -0.1) is 0 Å². The Morgan fingerprint density at radius 1 is 1.56 bits per heavy atom. The molecule has 0 saturated heterocycles. The van der Waals surface area contributed by atoms with Crippen molar-refractivity contribution in [1.82, 2.24) is 10.3 Å². The van der Waals surface area contributed by atoms with Gasteiger partial charge in [-0.2, -0.15) is 0 Å². The van der Waals surface area contributed by atoms with Crippen molar-refractivity contribution in [2.24, 2.45) is 5.92 Å². The number of nitrogens with one attached hydrogen (secondary N) is 2. The van der Waals surface area contributed by atoms with Crippen LogP contribution in [0.2, 0.25) is 0 Å². The predicted molar refractivity (Wildman–Crippen MR) is 62.5 cm³/mol. The number of nitrogens with zero attached hydrogens (tertiary/aromatic N) is 1. The maximum absolute atomic E-state index is 11.6. The average Bonchev–Trinajstić information content (AvgIpc) is 2.30. The van der Waals surface area contributed by atoms with E-state index in [-0.39, 0.29) is 11.8 Å². The van der Waals surface area contributed by atoms with Gasteiger partial charge in [-0.3, -0.25) is 4.79 Å². The van der Waals surface area contributed by atoms with E-state index in [2.05, 4.69) is 15.6 Å². The van der Waals surface area contributed by atoms with Crippen LogP contribution in [0.25, 0.3) is 0 Å². The van der Waals surface area contributed by atoms with E-state index in [4.69, 9.17) is 4.74 Å². The van der Waals surface area contributed by atoms with Gasteiger partial charge in [0, 0.05) is 18.5 Å². The molecule has 0 saturated carbocycles. The summed E-state index contributed by atoms with van der Waals surface area (Å²) in [6, 6.07) is 3.47. The molecule has 16 heavy (non-hydrogen) atoms. The molecule has 5 nitrogen and oxygen atoms in total. The van der Waals surface area contributed by atoms with E-state index < -0.39 is 0 Å². The van der Waals surface area contributed by atoms with Crippen LogP contribution >= 0.6 is 0 Å². The van der Waals surface area contributed by atoms with Gasteiger partial charge in [0.15, 0.2) is 0 Å². The van der Waals surface area contributed by atoms with E-state index in [1.807, 2.05) is 14.0 Å². The lowest BCUT2D eigenvalue weighted by Crippen LogP contribution is -2.28. The summed E-state index contributed by atoms with van der Waals surface area (Å²) in [7, 11) is 3.37. The van der Waals surface area contributed by atoms with Crippen molar-refractivity contribution in [3.8, 4) is 5.88 Å². The third-order valence-corrected chi connectivity index (χ3v) is 2.17. The molecule has 1 aromatic rings. The third-order valence-electron chi connectivity index (χ3n) is 2.17. The summed E-state index contributed by atoms with van der Waals surface area (Å²) in [5, 5.41) is 5.74. The highest BCUT2D eigenvalue weighted by molar-refractivity contribution is 5.92. The first kappa shape index (κ1) is 12.4. The summed E-state index contributed by atoms with van der Waals surface area (Å²) < 4.78 is 4.93. The molecule has 1 rings (SSSR count). The van der Waals surface area contributed by atoms with Crippen molar-refractivity contribution in [3.63, 3.8) is 0 Å². The second kappa shape index (κ2) is 6.07. The van der Waals surface area contributed by atoms with Gasteiger partial charge < -0.3 is 15.4 Å². The molecule has 0 aliphatic rings. The average molecular weight is 223 g/mol. The number of carbonyl (C=O) groups excluding carboxylic acids is 1. The first-order valence-electron chi connectivity index (χ1n) is 5.13. The highest BCUT2D eigenvalue weighted by Gasteiger charge is 2.11. The van der Waals surface area contributed by atoms with Gasteiger partial charge >= 0.3 is 0 Å². The Morgan fingerprint density at radius 2 is 2.31 bits per heavy atom. The third kappa shape index (κ3) is 3.51. The maximum atomic E-state index is 11.6. The van der Waals surface area contributed by atoms with Crippen molar-refractivity contribution in [2.75, 3.05) is 26.0 Å². The Bertz CT molecular complexity index is 338. The number of carbonyl (C=O) groups is 1. The van der Waals surface area contributed by atoms with Gasteiger partial charge in [0.05, 0.1) is 19.0 Å². The summed E-state index contributed by atoms with van der Waals surface area (Å²) in [5.41, 5.74) is 0.675. The minimum Gasteiger partial charge on any atom is -0.481 e. The Balaban J connectivity index is 2.55. The van der Waals surface area contributed by atoms with Crippen LogP contribution in [-0.4, -0.2) is 31.6 Å². The summed E-state index contributed by atoms with van der Waals surface area (Å²) in [6.07, 6.45) is 1.57. The number of pyridine rings is 1. The SMILES string of the molecule is CNCC(C)C(=O)Nc1ccc(OC)nc1. The van der Waals surface area contributed by atoms with Crippen LogP contribution < -0.4 is 15.4 Å². The van der Waals surface area contributed by atoms with Crippen molar-refractivity contribution in [3.05, 3.63) is 18.3 Å². The molecule has 1 unspecified atom stereocenters. The van der Waals surface area contributed by atoms with Crippen molar-refractivity contribution in [2.45, 2.75) is 6.92 Å². The molecular formula is C11H17N3O2. The number of anilines is 1. The van der Waals surface area contributed by atoms with Crippen LogP contribution in [0.5, 0.6) is 5.88 Å². The molecule has 1 aromatic heterocycles. The fraction of sp³-hybridized carbons (Fsp3) is 0.455. The molecule has 0 radical (unpaired) electrons. The molecule has 0 aliphatic heterocycles. The highest BCUT2D eigenvalue weighted by atomic mass is 16.5. The summed E-state index contributed by atoms with van der Waals surface area (Å²) in [5.74, 6) is 0.426. The van der Waals surface area contributed by atoms with E-state index in [0.717, 1.165) is 0 Å². The molecule has 1 atom stereocenters. The van der Waals surface area contributed by atoms with Crippen molar-refractivity contribution >= 4 is 11.6 Å². The van der Waals surface area contributed by atoms with E-state index in [9.17, 15) is 4.79 Å². The Kier molecular flexibility index (Phi) is 4.72. The molecule has 1 heterocycles. The minimum atomic E-state index is -0.0768. The molecule has 5 heteroatoms. The molecule has 0 bridgehead atoms. The van der Waals surface area contributed by atoms with Gasteiger partial charge in [-0.05, 0) is 13.1 Å². The maximum Gasteiger partial charge on any atom is 0.228 e. The number of aromatic nitrogens is 1. The molecule has 0 aliphatic carbocycles. The number of hydrogen-bond acceptors (Lipinski definition) is 4. The first-order valence-corrected chi connectivity index (χ1v) is 5.13. The van der Waals surface area contributed by atoms with Crippen LogP contribution in [0, 0.1) is 5.92 Å². The summed E-state index contributed by atoms with van der Waals surface area (Å²) >= 11 is 0. The van der Waals surface area contributed by atoms with Crippen LogP contribution in [0.15, 0.2) is 18.3 Å². The molecular weight excluding hydrogens is 206 g/mol. The molecule has 1 amide bonds. The van der Waals surface area contributed by atoms with Crippen LogP contribution in [-0.2, 0) is 4.79 Å². The lowest BCUT2D eigenvalue weighted by Gasteiger charge is -2.11. The van der Waals surface area contributed by atoms with Gasteiger partial charge in [0.25, 0.3) is 0 Å².